The molecule has 5 rings (SSSR count). The van der Waals surface area contributed by atoms with Crippen molar-refractivity contribution < 1.29 is 22.3 Å². The van der Waals surface area contributed by atoms with E-state index < -0.39 is 28.6 Å². The van der Waals surface area contributed by atoms with Crippen LogP contribution >= 0.6 is 35.6 Å². The van der Waals surface area contributed by atoms with Crippen molar-refractivity contribution in [1.29, 1.82) is 0 Å². The average Bonchev–Trinajstić information content (AvgIpc) is 3.43. The maximum Gasteiger partial charge on any atom is 0.326 e. The van der Waals surface area contributed by atoms with Gasteiger partial charge in [-0.3, -0.25) is 14.8 Å². The number of alkyl halides is 1. The second kappa shape index (κ2) is 15.8. The number of nitrogens with zero attached hydrogens (tertiary/aromatic N) is 4. The number of halogens is 4. The van der Waals surface area contributed by atoms with E-state index in [9.17, 15) is 17.6 Å². The van der Waals surface area contributed by atoms with Crippen LogP contribution in [0.1, 0.15) is 55.1 Å². The monoisotopic (exact) mass is 738 g/mol. The minimum atomic E-state index is -3.10. The fourth-order valence-electron chi connectivity index (χ4n) is 5.91. The molecule has 0 aromatic heterocycles. The van der Waals surface area contributed by atoms with Gasteiger partial charge in [0.25, 0.3) is 0 Å². The summed E-state index contributed by atoms with van der Waals surface area (Å²) >= 11 is 12.6. The Morgan fingerprint density at radius 1 is 0.938 bits per heavy atom. The summed E-state index contributed by atoms with van der Waals surface area (Å²) in [5, 5.41) is 1.15. The van der Waals surface area contributed by atoms with E-state index in [1.54, 1.807) is 34.1 Å². The Labute approximate surface area is 299 Å². The number of carbonyl (C=O) groups is 1. The van der Waals surface area contributed by atoms with Crippen molar-refractivity contribution in [2.45, 2.75) is 38.3 Å². The van der Waals surface area contributed by atoms with Gasteiger partial charge in [0.15, 0.2) is 0 Å². The number of hydrogen-bond acceptors (Lipinski definition) is 6. The first-order valence-corrected chi connectivity index (χ1v) is 18.5. The molecular weight excluding hydrogens is 698 g/mol. The highest BCUT2D eigenvalue weighted by Crippen LogP contribution is 2.46. The van der Waals surface area contributed by atoms with E-state index in [1.807, 2.05) is 42.5 Å². The molecule has 1 fully saturated rings. The molecule has 260 valence electrons. The number of urea groups is 1. The summed E-state index contributed by atoms with van der Waals surface area (Å²) in [4.78, 5) is 25.6. The minimum Gasteiger partial charge on any atom is -0.490 e. The molecule has 8 nitrogen and oxygen atoms in total. The van der Waals surface area contributed by atoms with Crippen LogP contribution in [0, 0.1) is 0 Å². The highest BCUT2D eigenvalue weighted by molar-refractivity contribution is 7.90. The molecule has 2 aliphatic rings. The first-order chi connectivity index (χ1) is 22.2. The standard InChI is InChI=1S/C35H41Cl2FN4O4S.ClH/c1-35(2,3)26-9-14-29(30(23-26)46-21-15-38)33-39-31(24-5-10-27(36)11-6-24)32(25-7-12-28(37)13-8-25)42(33)34(43)41-18-16-40(17-19-41)20-22-47(4,44)45;/h5-14,23,31-32H,15-22H2,1-4H3;1H/t31-,32+;/m0./s1. The smallest absolute Gasteiger partial charge is 0.326 e. The number of carbonyl (C=O) groups excluding carboxylic acids is 1. The fourth-order valence-corrected chi connectivity index (χ4v) is 6.75. The number of aliphatic imine (C=N–C) groups is 1. The lowest BCUT2D eigenvalue weighted by Crippen LogP contribution is -2.54. The van der Waals surface area contributed by atoms with Gasteiger partial charge in [0, 0.05) is 49.0 Å². The number of benzene rings is 3. The summed E-state index contributed by atoms with van der Waals surface area (Å²) in [5.41, 5.74) is 3.09. The zero-order valence-electron chi connectivity index (χ0n) is 27.5. The third kappa shape index (κ3) is 9.01. The number of sulfone groups is 1. The second-order valence-electron chi connectivity index (χ2n) is 13.1. The van der Waals surface area contributed by atoms with E-state index in [0.717, 1.165) is 16.7 Å². The van der Waals surface area contributed by atoms with Gasteiger partial charge < -0.3 is 9.64 Å². The summed E-state index contributed by atoms with van der Waals surface area (Å²) < 4.78 is 43.0. The molecule has 0 saturated carbocycles. The Hall–Kier alpha value is -2.89. The SMILES string of the molecule is CC(C)(C)c1ccc(C2=N[C@@H](c3ccc(Cl)cc3)[C@@H](c3ccc(Cl)cc3)N2C(=O)N2CCN(CCS(C)(=O)=O)CC2)c(OCCF)c1.Cl. The molecule has 2 heterocycles. The molecule has 0 N–H and O–H groups in total. The zero-order chi connectivity index (χ0) is 33.9. The lowest BCUT2D eigenvalue weighted by Gasteiger charge is -2.39. The van der Waals surface area contributed by atoms with Gasteiger partial charge in [-0.2, -0.15) is 0 Å². The van der Waals surface area contributed by atoms with E-state index in [0.29, 0.717) is 59.9 Å². The highest BCUT2D eigenvalue weighted by Gasteiger charge is 2.45. The molecule has 3 aromatic rings. The van der Waals surface area contributed by atoms with Gasteiger partial charge in [-0.15, -0.1) is 12.4 Å². The number of hydrogen-bond donors (Lipinski definition) is 0. The van der Waals surface area contributed by atoms with Crippen LogP contribution in [-0.2, 0) is 15.3 Å². The first-order valence-electron chi connectivity index (χ1n) is 15.7. The van der Waals surface area contributed by atoms with Crippen molar-refractivity contribution in [2.24, 2.45) is 4.99 Å². The largest absolute Gasteiger partial charge is 0.490 e. The topological polar surface area (TPSA) is 82.5 Å². The van der Waals surface area contributed by atoms with Crippen molar-refractivity contribution in [3.05, 3.63) is 99.0 Å². The third-order valence-electron chi connectivity index (χ3n) is 8.54. The molecule has 2 amide bonds. The molecule has 0 aliphatic carbocycles. The van der Waals surface area contributed by atoms with E-state index in [1.165, 1.54) is 6.26 Å². The van der Waals surface area contributed by atoms with Crippen molar-refractivity contribution >= 4 is 57.3 Å². The molecular formula is C35H42Cl3FN4O4S. The predicted molar refractivity (Wildman–Crippen MR) is 194 cm³/mol. The van der Waals surface area contributed by atoms with Gasteiger partial charge >= 0.3 is 6.03 Å². The summed E-state index contributed by atoms with van der Waals surface area (Å²) in [5.74, 6) is 0.935. The normalized spacial score (nSPS) is 18.8. The Balaban J connectivity index is 0.00000520. The van der Waals surface area contributed by atoms with Crippen molar-refractivity contribution in [3.63, 3.8) is 0 Å². The Bertz CT molecular complexity index is 1710. The number of rotatable bonds is 9. The van der Waals surface area contributed by atoms with Crippen LogP contribution in [0.25, 0.3) is 0 Å². The molecule has 0 radical (unpaired) electrons. The van der Waals surface area contributed by atoms with Gasteiger partial charge in [0.2, 0.25) is 0 Å². The fraction of sp³-hybridized carbons (Fsp3) is 0.429. The highest BCUT2D eigenvalue weighted by atomic mass is 35.5. The molecule has 13 heteroatoms. The van der Waals surface area contributed by atoms with E-state index in [4.69, 9.17) is 32.9 Å². The van der Waals surface area contributed by atoms with Crippen molar-refractivity contribution in [3.8, 4) is 5.75 Å². The predicted octanol–water partition coefficient (Wildman–Crippen LogP) is 7.39. The number of ether oxygens (including phenoxy) is 1. The molecule has 48 heavy (non-hydrogen) atoms. The number of amides is 2. The van der Waals surface area contributed by atoms with Crippen molar-refractivity contribution in [1.82, 2.24) is 14.7 Å². The van der Waals surface area contributed by atoms with Gasteiger partial charge in [-0.05, 0) is 58.5 Å². The van der Waals surface area contributed by atoms with Crippen LogP contribution in [0.2, 0.25) is 10.0 Å². The Morgan fingerprint density at radius 2 is 1.52 bits per heavy atom. The summed E-state index contributed by atoms with van der Waals surface area (Å²) in [6.45, 7) is 7.79. The quantitative estimate of drug-likeness (QED) is 0.229. The van der Waals surface area contributed by atoms with Gasteiger partial charge in [0.05, 0.1) is 17.4 Å². The van der Waals surface area contributed by atoms with Gasteiger partial charge in [-0.25, -0.2) is 17.6 Å². The van der Waals surface area contributed by atoms with Crippen LogP contribution in [0.5, 0.6) is 5.75 Å². The van der Waals surface area contributed by atoms with Crippen molar-refractivity contribution in [2.75, 3.05) is 58.0 Å². The number of piperazine rings is 1. The molecule has 3 aromatic carbocycles. The number of amidine groups is 1. The van der Waals surface area contributed by atoms with Crippen LogP contribution in [0.3, 0.4) is 0 Å². The summed E-state index contributed by atoms with van der Waals surface area (Å²) in [6.07, 6.45) is 1.23. The Kier molecular flexibility index (Phi) is 12.5. The lowest BCUT2D eigenvalue weighted by molar-refractivity contribution is 0.122. The molecule has 2 atom stereocenters. The maximum absolute atomic E-state index is 14.7. The van der Waals surface area contributed by atoms with E-state index in [2.05, 4.69) is 25.7 Å². The zero-order valence-corrected chi connectivity index (χ0v) is 30.7. The van der Waals surface area contributed by atoms with Crippen LogP contribution in [0.15, 0.2) is 71.7 Å². The summed E-state index contributed by atoms with van der Waals surface area (Å²) in [6, 6.07) is 19.4. The van der Waals surface area contributed by atoms with Crippen LogP contribution in [0.4, 0.5) is 9.18 Å². The molecule has 2 aliphatic heterocycles. The van der Waals surface area contributed by atoms with Crippen LogP contribution in [-0.4, -0.2) is 93.0 Å². The first kappa shape index (κ1) is 37.9. The molecule has 0 bridgehead atoms. The second-order valence-corrected chi connectivity index (χ2v) is 16.2. The average molecular weight is 740 g/mol. The Morgan fingerprint density at radius 3 is 2.06 bits per heavy atom. The van der Waals surface area contributed by atoms with Gasteiger partial charge in [-0.1, -0.05) is 74.3 Å². The van der Waals surface area contributed by atoms with E-state index in [-0.39, 0.29) is 36.2 Å². The molecule has 0 spiro atoms. The summed E-state index contributed by atoms with van der Waals surface area (Å²) in [7, 11) is -3.10. The lowest BCUT2D eigenvalue weighted by atomic mass is 9.86. The minimum absolute atomic E-state index is 0. The molecule has 1 saturated heterocycles. The van der Waals surface area contributed by atoms with Crippen LogP contribution < -0.4 is 4.74 Å². The third-order valence-corrected chi connectivity index (χ3v) is 9.97. The maximum atomic E-state index is 14.7. The van der Waals surface area contributed by atoms with Gasteiger partial charge in [0.1, 0.15) is 40.7 Å². The molecule has 0 unspecified atom stereocenters. The van der Waals surface area contributed by atoms with E-state index >= 15 is 0 Å².